The molecule has 0 spiro atoms. The van der Waals surface area contributed by atoms with Crippen LogP contribution in [0.25, 0.3) is 0 Å². The molecule has 5 heteroatoms. The van der Waals surface area contributed by atoms with Crippen LogP contribution in [-0.2, 0) is 4.79 Å². The summed E-state index contributed by atoms with van der Waals surface area (Å²) >= 11 is 1.69. The first-order valence-electron chi connectivity index (χ1n) is 3.25. The molecule has 0 unspecified atom stereocenters. The van der Waals surface area contributed by atoms with Crippen LogP contribution in [0.5, 0.6) is 0 Å². The highest BCUT2D eigenvalue weighted by Crippen LogP contribution is 2.15. The maximum Gasteiger partial charge on any atom is 0.377 e. The highest BCUT2D eigenvalue weighted by molar-refractivity contribution is 14.1. The van der Waals surface area contributed by atoms with Crippen molar-refractivity contribution in [3.8, 4) is 0 Å². The van der Waals surface area contributed by atoms with Crippen molar-refractivity contribution in [1.29, 1.82) is 0 Å². The van der Waals surface area contributed by atoms with E-state index in [0.29, 0.717) is 0 Å². The third-order valence-electron chi connectivity index (χ3n) is 1.39. The van der Waals surface area contributed by atoms with Crippen molar-refractivity contribution in [3.63, 3.8) is 0 Å². The minimum Gasteiger partial charge on any atom is -0.475 e. The van der Waals surface area contributed by atoms with E-state index in [1.165, 1.54) is 12.1 Å². The Bertz CT molecular complexity index is 376. The standard InChI is InChI=1S/C8H4FIO3/c9-6-4(7(11)8(12)13)2-1-3-5(6)10/h1-3H,(H,12,13). The first kappa shape index (κ1) is 10.1. The summed E-state index contributed by atoms with van der Waals surface area (Å²) in [5, 5.41) is 8.33. The first-order valence-corrected chi connectivity index (χ1v) is 4.33. The van der Waals surface area contributed by atoms with Gasteiger partial charge in [0, 0.05) is 3.57 Å². The fraction of sp³-hybridized carbons (Fsp3) is 0. The second-order valence-electron chi connectivity index (χ2n) is 2.24. The smallest absolute Gasteiger partial charge is 0.377 e. The molecule has 0 saturated carbocycles. The summed E-state index contributed by atoms with van der Waals surface area (Å²) in [4.78, 5) is 21.1. The number of carboxylic acid groups (broad SMARTS) is 1. The number of ketones is 1. The predicted octanol–water partition coefficient (Wildman–Crippen LogP) is 1.70. The van der Waals surface area contributed by atoms with Crippen molar-refractivity contribution in [1.82, 2.24) is 0 Å². The highest BCUT2D eigenvalue weighted by Gasteiger charge is 2.19. The molecule has 68 valence electrons. The number of hydrogen-bond acceptors (Lipinski definition) is 2. The monoisotopic (exact) mass is 294 g/mol. The van der Waals surface area contributed by atoms with Crippen LogP contribution in [0.3, 0.4) is 0 Å². The number of carbonyl (C=O) groups is 2. The van der Waals surface area contributed by atoms with E-state index in [1.807, 2.05) is 0 Å². The molecule has 0 heterocycles. The first-order chi connectivity index (χ1) is 6.04. The van der Waals surface area contributed by atoms with Crippen LogP contribution in [0.2, 0.25) is 0 Å². The zero-order valence-electron chi connectivity index (χ0n) is 6.25. The van der Waals surface area contributed by atoms with Gasteiger partial charge in [0.2, 0.25) is 0 Å². The second kappa shape index (κ2) is 3.82. The lowest BCUT2D eigenvalue weighted by Crippen LogP contribution is -2.14. The molecule has 1 aromatic rings. The molecule has 1 rings (SSSR count). The minimum atomic E-state index is -1.65. The highest BCUT2D eigenvalue weighted by atomic mass is 127. The summed E-state index contributed by atoms with van der Waals surface area (Å²) < 4.78 is 13.3. The van der Waals surface area contributed by atoms with Crippen LogP contribution in [0.4, 0.5) is 4.39 Å². The molecule has 0 bridgehead atoms. The number of Topliss-reactive ketones (excluding diaryl/α,β-unsaturated/α-hetero) is 1. The molecule has 0 aliphatic heterocycles. The summed E-state index contributed by atoms with van der Waals surface area (Å²) in [5.41, 5.74) is -0.403. The van der Waals surface area contributed by atoms with Crippen molar-refractivity contribution < 1.29 is 19.1 Å². The van der Waals surface area contributed by atoms with Gasteiger partial charge in [-0.2, -0.15) is 0 Å². The fourth-order valence-corrected chi connectivity index (χ4v) is 1.29. The molecule has 13 heavy (non-hydrogen) atoms. The number of carboxylic acids is 1. The lowest BCUT2D eigenvalue weighted by molar-refractivity contribution is -0.131. The molecule has 3 nitrogen and oxygen atoms in total. The lowest BCUT2D eigenvalue weighted by atomic mass is 10.1. The SMILES string of the molecule is O=C(O)C(=O)c1cccc(I)c1F. The van der Waals surface area contributed by atoms with E-state index in [4.69, 9.17) is 5.11 Å². The Morgan fingerprint density at radius 1 is 1.38 bits per heavy atom. The van der Waals surface area contributed by atoms with Crippen LogP contribution < -0.4 is 0 Å². The molecule has 1 aromatic carbocycles. The summed E-state index contributed by atoms with van der Waals surface area (Å²) in [5.74, 6) is -3.66. The number of hydrogen-bond donors (Lipinski definition) is 1. The van der Waals surface area contributed by atoms with Gasteiger partial charge >= 0.3 is 5.97 Å². The van der Waals surface area contributed by atoms with E-state index < -0.39 is 23.1 Å². The van der Waals surface area contributed by atoms with E-state index in [9.17, 15) is 14.0 Å². The van der Waals surface area contributed by atoms with Crippen LogP contribution >= 0.6 is 22.6 Å². The molecule has 0 radical (unpaired) electrons. The van der Waals surface area contributed by atoms with Gasteiger partial charge in [-0.3, -0.25) is 4.79 Å². The zero-order valence-corrected chi connectivity index (χ0v) is 8.41. The van der Waals surface area contributed by atoms with Crippen LogP contribution in [0.1, 0.15) is 10.4 Å². The van der Waals surface area contributed by atoms with Gasteiger partial charge in [0.1, 0.15) is 5.82 Å². The molecular weight excluding hydrogens is 290 g/mol. The van der Waals surface area contributed by atoms with Crippen molar-refractivity contribution in [3.05, 3.63) is 33.1 Å². The van der Waals surface area contributed by atoms with E-state index in [1.54, 1.807) is 22.6 Å². The van der Waals surface area contributed by atoms with Gasteiger partial charge in [-0.05, 0) is 34.7 Å². The topological polar surface area (TPSA) is 54.4 Å². The molecule has 0 saturated heterocycles. The summed E-state index contributed by atoms with van der Waals surface area (Å²) in [7, 11) is 0. The van der Waals surface area contributed by atoms with Crippen molar-refractivity contribution >= 4 is 34.3 Å². The molecule has 0 fully saturated rings. The largest absolute Gasteiger partial charge is 0.475 e. The molecular formula is C8H4FIO3. The number of aliphatic carboxylic acids is 1. The zero-order chi connectivity index (χ0) is 10.0. The van der Waals surface area contributed by atoms with E-state index in [-0.39, 0.29) is 3.57 Å². The van der Waals surface area contributed by atoms with Gasteiger partial charge < -0.3 is 5.11 Å². The van der Waals surface area contributed by atoms with Gasteiger partial charge in [0.15, 0.2) is 0 Å². The van der Waals surface area contributed by atoms with Gasteiger partial charge in [-0.1, -0.05) is 6.07 Å². The van der Waals surface area contributed by atoms with E-state index >= 15 is 0 Å². The normalized spacial score (nSPS) is 9.69. The molecule has 0 amide bonds. The van der Waals surface area contributed by atoms with E-state index in [2.05, 4.69) is 0 Å². The Labute approximate surface area is 86.7 Å². The predicted molar refractivity (Wildman–Crippen MR) is 51.1 cm³/mol. The van der Waals surface area contributed by atoms with Gasteiger partial charge in [0.05, 0.1) is 5.56 Å². The van der Waals surface area contributed by atoms with Gasteiger partial charge in [-0.25, -0.2) is 9.18 Å². The molecule has 0 aromatic heterocycles. The van der Waals surface area contributed by atoms with Crippen LogP contribution in [-0.4, -0.2) is 16.9 Å². The van der Waals surface area contributed by atoms with Crippen molar-refractivity contribution in [2.75, 3.05) is 0 Å². The maximum absolute atomic E-state index is 13.1. The molecule has 1 N–H and O–H groups in total. The Morgan fingerprint density at radius 2 is 2.00 bits per heavy atom. The maximum atomic E-state index is 13.1. The minimum absolute atomic E-state index is 0.227. The second-order valence-corrected chi connectivity index (χ2v) is 3.40. The number of benzene rings is 1. The Hall–Kier alpha value is -0.980. The summed E-state index contributed by atoms with van der Waals surface area (Å²) in [6, 6.07) is 4.03. The number of carbonyl (C=O) groups excluding carboxylic acids is 1. The number of halogens is 2. The summed E-state index contributed by atoms with van der Waals surface area (Å²) in [6.07, 6.45) is 0. The average molecular weight is 294 g/mol. The number of rotatable bonds is 2. The quantitative estimate of drug-likeness (QED) is 0.513. The van der Waals surface area contributed by atoms with Crippen LogP contribution in [0, 0.1) is 9.39 Å². The molecule has 0 atom stereocenters. The van der Waals surface area contributed by atoms with E-state index in [0.717, 1.165) is 6.07 Å². The molecule has 0 aliphatic carbocycles. The van der Waals surface area contributed by atoms with Crippen molar-refractivity contribution in [2.45, 2.75) is 0 Å². The van der Waals surface area contributed by atoms with Gasteiger partial charge in [0.25, 0.3) is 5.78 Å². The molecule has 0 aliphatic rings. The Balaban J connectivity index is 3.23. The third kappa shape index (κ3) is 2.03. The fourth-order valence-electron chi connectivity index (χ4n) is 0.794. The van der Waals surface area contributed by atoms with Crippen molar-refractivity contribution in [2.24, 2.45) is 0 Å². The Kier molecular flexibility index (Phi) is 2.97. The lowest BCUT2D eigenvalue weighted by Gasteiger charge is -1.99. The van der Waals surface area contributed by atoms with Gasteiger partial charge in [-0.15, -0.1) is 0 Å². The van der Waals surface area contributed by atoms with Crippen LogP contribution in [0.15, 0.2) is 18.2 Å². The average Bonchev–Trinajstić information content (AvgIpc) is 2.08. The summed E-state index contributed by atoms with van der Waals surface area (Å²) in [6.45, 7) is 0. The Morgan fingerprint density at radius 3 is 2.54 bits per heavy atom. The third-order valence-corrected chi connectivity index (χ3v) is 2.22.